The van der Waals surface area contributed by atoms with Crippen molar-refractivity contribution in [2.24, 2.45) is 0 Å². The molecule has 0 saturated carbocycles. The van der Waals surface area contributed by atoms with Crippen LogP contribution in [0.25, 0.3) is 10.2 Å². The van der Waals surface area contributed by atoms with Gasteiger partial charge < -0.3 is 5.32 Å². The predicted octanol–water partition coefficient (Wildman–Crippen LogP) is 4.95. The molecule has 3 aromatic rings. The second-order valence-electron chi connectivity index (χ2n) is 5.02. The third-order valence-corrected chi connectivity index (χ3v) is 4.85. The minimum absolute atomic E-state index is 0.295. The molecule has 2 aromatic heterocycles. The van der Waals surface area contributed by atoms with Crippen LogP contribution < -0.4 is 5.32 Å². The summed E-state index contributed by atoms with van der Waals surface area (Å²) in [5.41, 5.74) is 3.66. The van der Waals surface area contributed by atoms with Crippen LogP contribution >= 0.6 is 27.3 Å². The van der Waals surface area contributed by atoms with Gasteiger partial charge in [-0.05, 0) is 53.7 Å². The molecule has 1 N–H and O–H groups in total. The number of hydrogen-bond donors (Lipinski definition) is 1. The first-order valence-corrected chi connectivity index (χ1v) is 8.74. The Balaban J connectivity index is 1.89. The van der Waals surface area contributed by atoms with E-state index >= 15 is 0 Å². The Kier molecular flexibility index (Phi) is 4.68. The predicted molar refractivity (Wildman–Crippen MR) is 93.9 cm³/mol. The number of pyridine rings is 1. The van der Waals surface area contributed by atoms with E-state index in [1.165, 1.54) is 15.8 Å². The van der Waals surface area contributed by atoms with E-state index < -0.39 is 0 Å². The van der Waals surface area contributed by atoms with Crippen LogP contribution in [0, 0.1) is 0 Å². The highest BCUT2D eigenvalue weighted by Gasteiger charge is 2.13. The van der Waals surface area contributed by atoms with E-state index in [4.69, 9.17) is 0 Å². The number of nitrogens with zero attached hydrogens (tertiary/aromatic N) is 1. The van der Waals surface area contributed by atoms with E-state index in [2.05, 4.69) is 74.9 Å². The maximum absolute atomic E-state index is 4.56. The van der Waals surface area contributed by atoms with Crippen molar-refractivity contribution in [1.82, 2.24) is 10.3 Å². The summed E-state index contributed by atoms with van der Waals surface area (Å²) >= 11 is 5.29. The van der Waals surface area contributed by atoms with Crippen molar-refractivity contribution in [2.45, 2.75) is 19.4 Å². The van der Waals surface area contributed by atoms with E-state index in [9.17, 15) is 0 Å². The number of benzene rings is 1. The number of thiophene rings is 1. The smallest absolute Gasteiger partial charge is 0.0809 e. The lowest BCUT2D eigenvalue weighted by molar-refractivity contribution is 0.549. The Morgan fingerprint density at radius 1 is 1.29 bits per heavy atom. The normalized spacial score (nSPS) is 12.7. The van der Waals surface area contributed by atoms with Crippen LogP contribution in [0.1, 0.15) is 24.1 Å². The van der Waals surface area contributed by atoms with Gasteiger partial charge in [-0.25, -0.2) is 0 Å². The Morgan fingerprint density at radius 3 is 3.00 bits per heavy atom. The molecule has 0 aliphatic heterocycles. The molecule has 0 radical (unpaired) electrons. The molecule has 1 aromatic carbocycles. The molecule has 0 fully saturated rings. The quantitative estimate of drug-likeness (QED) is 0.695. The molecule has 0 bridgehead atoms. The highest BCUT2D eigenvalue weighted by molar-refractivity contribution is 9.10. The zero-order valence-electron chi connectivity index (χ0n) is 11.8. The Morgan fingerprint density at radius 2 is 2.19 bits per heavy atom. The fraction of sp³-hybridized carbons (Fsp3) is 0.235. The van der Waals surface area contributed by atoms with Crippen LogP contribution in [0.5, 0.6) is 0 Å². The average Bonchev–Trinajstić information content (AvgIpc) is 2.94. The number of rotatable bonds is 5. The fourth-order valence-electron chi connectivity index (χ4n) is 2.51. The molecular weight excluding hydrogens is 344 g/mol. The van der Waals surface area contributed by atoms with Crippen LogP contribution in [0.15, 0.2) is 52.4 Å². The minimum Gasteiger partial charge on any atom is -0.310 e. The Hall–Kier alpha value is -1.23. The fourth-order valence-corrected chi connectivity index (χ4v) is 3.74. The van der Waals surface area contributed by atoms with Gasteiger partial charge in [0.05, 0.1) is 10.2 Å². The summed E-state index contributed by atoms with van der Waals surface area (Å²) < 4.78 is 2.38. The highest BCUT2D eigenvalue weighted by Crippen LogP contribution is 2.25. The van der Waals surface area contributed by atoms with Crippen LogP contribution in [0.2, 0.25) is 0 Å². The topological polar surface area (TPSA) is 24.9 Å². The third-order valence-electron chi connectivity index (χ3n) is 3.51. The first-order chi connectivity index (χ1) is 10.3. The van der Waals surface area contributed by atoms with Crippen LogP contribution in [-0.2, 0) is 6.42 Å². The SMILES string of the molecule is CCNC(Cc1cccc(Br)c1)c1cnc2ccsc2c1. The first-order valence-electron chi connectivity index (χ1n) is 7.07. The molecule has 0 saturated heterocycles. The van der Waals surface area contributed by atoms with E-state index in [0.717, 1.165) is 23.0 Å². The second-order valence-corrected chi connectivity index (χ2v) is 6.88. The molecule has 3 rings (SSSR count). The van der Waals surface area contributed by atoms with Crippen molar-refractivity contribution in [2.75, 3.05) is 6.54 Å². The molecule has 1 atom stereocenters. The van der Waals surface area contributed by atoms with Gasteiger partial charge >= 0.3 is 0 Å². The van der Waals surface area contributed by atoms with E-state index in [-0.39, 0.29) is 0 Å². The van der Waals surface area contributed by atoms with Crippen LogP contribution in [0.3, 0.4) is 0 Å². The number of aromatic nitrogens is 1. The Bertz CT molecular complexity index is 738. The van der Waals surface area contributed by atoms with Crippen molar-refractivity contribution in [1.29, 1.82) is 0 Å². The molecule has 108 valence electrons. The molecule has 4 heteroatoms. The van der Waals surface area contributed by atoms with Crippen molar-refractivity contribution in [3.05, 3.63) is 63.6 Å². The lowest BCUT2D eigenvalue weighted by atomic mass is 10.00. The number of nitrogens with one attached hydrogen (secondary N) is 1. The standard InChI is InChI=1S/C17H17BrN2S/c1-2-19-16(9-12-4-3-5-14(18)8-12)13-10-17-15(20-11-13)6-7-21-17/h3-8,10-11,16,19H,2,9H2,1H3. The van der Waals surface area contributed by atoms with E-state index in [1.807, 2.05) is 6.20 Å². The molecule has 0 spiro atoms. The third kappa shape index (κ3) is 3.51. The largest absolute Gasteiger partial charge is 0.310 e. The van der Waals surface area contributed by atoms with Gasteiger partial charge in [-0.2, -0.15) is 0 Å². The van der Waals surface area contributed by atoms with Crippen LogP contribution in [0.4, 0.5) is 0 Å². The Labute approximate surface area is 137 Å². The van der Waals surface area contributed by atoms with Crippen molar-refractivity contribution < 1.29 is 0 Å². The van der Waals surface area contributed by atoms with Crippen molar-refractivity contribution in [3.63, 3.8) is 0 Å². The molecule has 1 unspecified atom stereocenters. The van der Waals surface area contributed by atoms with Gasteiger partial charge in [0.2, 0.25) is 0 Å². The molecular formula is C17H17BrN2S. The first kappa shape index (κ1) is 14.7. The maximum atomic E-state index is 4.56. The highest BCUT2D eigenvalue weighted by atomic mass is 79.9. The summed E-state index contributed by atoms with van der Waals surface area (Å²) in [5, 5.41) is 5.67. The maximum Gasteiger partial charge on any atom is 0.0809 e. The monoisotopic (exact) mass is 360 g/mol. The van der Waals surface area contributed by atoms with E-state index in [0.29, 0.717) is 6.04 Å². The van der Waals surface area contributed by atoms with Gasteiger partial charge in [0.25, 0.3) is 0 Å². The summed E-state index contributed by atoms with van der Waals surface area (Å²) in [7, 11) is 0. The van der Waals surface area contributed by atoms with E-state index in [1.54, 1.807) is 11.3 Å². The lowest BCUT2D eigenvalue weighted by Gasteiger charge is -2.18. The number of hydrogen-bond acceptors (Lipinski definition) is 3. The molecule has 0 aliphatic rings. The number of fused-ring (bicyclic) bond motifs is 1. The van der Waals surface area contributed by atoms with Crippen LogP contribution in [-0.4, -0.2) is 11.5 Å². The molecule has 2 nitrogen and oxygen atoms in total. The van der Waals surface area contributed by atoms with Gasteiger partial charge in [-0.1, -0.05) is 35.0 Å². The van der Waals surface area contributed by atoms with Gasteiger partial charge in [0, 0.05) is 16.7 Å². The zero-order chi connectivity index (χ0) is 14.7. The summed E-state index contributed by atoms with van der Waals surface area (Å²) in [6, 6.07) is 13.1. The van der Waals surface area contributed by atoms with Crippen molar-refractivity contribution >= 4 is 37.5 Å². The summed E-state index contributed by atoms with van der Waals surface area (Å²) in [5.74, 6) is 0. The summed E-state index contributed by atoms with van der Waals surface area (Å²) in [6.07, 6.45) is 2.96. The zero-order valence-corrected chi connectivity index (χ0v) is 14.2. The van der Waals surface area contributed by atoms with Crippen molar-refractivity contribution in [3.8, 4) is 0 Å². The number of halogens is 1. The number of likely N-dealkylation sites (N-methyl/N-ethyl adjacent to an activating group) is 1. The minimum atomic E-state index is 0.295. The molecule has 21 heavy (non-hydrogen) atoms. The lowest BCUT2D eigenvalue weighted by Crippen LogP contribution is -2.23. The molecule has 2 heterocycles. The average molecular weight is 361 g/mol. The second kappa shape index (κ2) is 6.69. The molecule has 0 amide bonds. The van der Waals surface area contributed by atoms with Gasteiger partial charge in [0.15, 0.2) is 0 Å². The summed E-state index contributed by atoms with van der Waals surface area (Å²) in [6.45, 7) is 3.09. The summed E-state index contributed by atoms with van der Waals surface area (Å²) in [4.78, 5) is 4.56. The van der Waals surface area contributed by atoms with Gasteiger partial charge in [0.1, 0.15) is 0 Å². The van der Waals surface area contributed by atoms with Gasteiger partial charge in [-0.3, -0.25) is 4.98 Å². The van der Waals surface area contributed by atoms with Gasteiger partial charge in [-0.15, -0.1) is 11.3 Å². The molecule has 0 aliphatic carbocycles.